The fraction of sp³-hybridized carbons (Fsp3) is 1.00. The van der Waals surface area contributed by atoms with Gasteiger partial charge in [-0.2, -0.15) is 11.8 Å². The van der Waals surface area contributed by atoms with Crippen LogP contribution in [0.5, 0.6) is 0 Å². The van der Waals surface area contributed by atoms with Gasteiger partial charge < -0.3 is 10.2 Å². The van der Waals surface area contributed by atoms with Crippen molar-refractivity contribution in [3.63, 3.8) is 0 Å². The van der Waals surface area contributed by atoms with Crippen LogP contribution in [0.4, 0.5) is 0 Å². The summed E-state index contributed by atoms with van der Waals surface area (Å²) in [4.78, 5) is 2.62. The highest BCUT2D eigenvalue weighted by Crippen LogP contribution is 2.16. The summed E-state index contributed by atoms with van der Waals surface area (Å²) in [7, 11) is 0. The molecule has 0 aromatic rings. The lowest BCUT2D eigenvalue weighted by Crippen LogP contribution is -2.45. The van der Waals surface area contributed by atoms with Gasteiger partial charge in [0, 0.05) is 37.2 Å². The minimum Gasteiger partial charge on any atom is -0.311 e. The number of rotatable bonds is 2. The third-order valence-corrected chi connectivity index (χ3v) is 4.12. The zero-order valence-corrected chi connectivity index (χ0v) is 9.28. The summed E-state index contributed by atoms with van der Waals surface area (Å²) < 4.78 is 0. The molecule has 2 aliphatic rings. The first-order valence-electron chi connectivity index (χ1n) is 5.38. The summed E-state index contributed by atoms with van der Waals surface area (Å²) in [5, 5.41) is 3.60. The molecule has 0 bridgehead atoms. The molecule has 0 aromatic heterocycles. The van der Waals surface area contributed by atoms with Crippen LogP contribution < -0.4 is 5.32 Å². The molecule has 2 fully saturated rings. The Kier molecular flexibility index (Phi) is 3.52. The molecule has 0 radical (unpaired) electrons. The number of nitrogens with one attached hydrogen (secondary N) is 1. The summed E-state index contributed by atoms with van der Waals surface area (Å²) in [5.74, 6) is 3.54. The molecule has 3 heteroatoms. The Morgan fingerprint density at radius 1 is 1.54 bits per heavy atom. The molecule has 0 aromatic carbocycles. The lowest BCUT2D eigenvalue weighted by molar-refractivity contribution is 0.293. The number of hydrogen-bond acceptors (Lipinski definition) is 3. The predicted molar refractivity (Wildman–Crippen MR) is 59.3 cm³/mol. The van der Waals surface area contributed by atoms with E-state index < -0.39 is 0 Å². The second-order valence-corrected chi connectivity index (χ2v) is 5.53. The maximum Gasteiger partial charge on any atom is 0.0285 e. The largest absolute Gasteiger partial charge is 0.311 e. The van der Waals surface area contributed by atoms with E-state index >= 15 is 0 Å². The maximum absolute atomic E-state index is 3.60. The Morgan fingerprint density at radius 2 is 2.46 bits per heavy atom. The molecule has 2 heterocycles. The molecule has 0 amide bonds. The molecule has 76 valence electrons. The van der Waals surface area contributed by atoms with Crippen LogP contribution in [0, 0.1) is 5.92 Å². The van der Waals surface area contributed by atoms with Crippen molar-refractivity contribution in [2.75, 3.05) is 37.7 Å². The second kappa shape index (κ2) is 4.67. The third kappa shape index (κ3) is 2.86. The molecule has 2 aliphatic heterocycles. The Bertz CT molecular complexity index is 154. The molecule has 0 aliphatic carbocycles. The average Bonchev–Trinajstić information content (AvgIpc) is 2.53. The van der Waals surface area contributed by atoms with Gasteiger partial charge in [0.05, 0.1) is 0 Å². The Hall–Kier alpha value is 0.270. The Labute approximate surface area is 85.4 Å². The number of thioether (sulfide) groups is 1. The molecule has 2 atom stereocenters. The van der Waals surface area contributed by atoms with Gasteiger partial charge in [-0.05, 0) is 18.9 Å². The van der Waals surface area contributed by atoms with Crippen molar-refractivity contribution in [1.29, 1.82) is 0 Å². The third-order valence-electron chi connectivity index (χ3n) is 2.99. The molecule has 0 spiro atoms. The van der Waals surface area contributed by atoms with Gasteiger partial charge in [-0.25, -0.2) is 0 Å². The standard InChI is InChI=1S/C10H20N2S/c1-9-2-4-12(6-9)7-10-8-13-5-3-11-10/h9-11H,2-8H2,1H3. The predicted octanol–water partition coefficient (Wildman–Crippen LogP) is 1.03. The van der Waals surface area contributed by atoms with Gasteiger partial charge in [0.15, 0.2) is 0 Å². The average molecular weight is 200 g/mol. The van der Waals surface area contributed by atoms with Crippen molar-refractivity contribution in [3.05, 3.63) is 0 Å². The monoisotopic (exact) mass is 200 g/mol. The van der Waals surface area contributed by atoms with Crippen molar-refractivity contribution >= 4 is 11.8 Å². The maximum atomic E-state index is 3.60. The smallest absolute Gasteiger partial charge is 0.0285 e. The minimum absolute atomic E-state index is 0.754. The SMILES string of the molecule is CC1CCN(CC2CSCCN2)C1. The van der Waals surface area contributed by atoms with Gasteiger partial charge in [-0.15, -0.1) is 0 Å². The number of hydrogen-bond donors (Lipinski definition) is 1. The van der Waals surface area contributed by atoms with Crippen molar-refractivity contribution in [2.24, 2.45) is 5.92 Å². The fourth-order valence-corrected chi connectivity index (χ4v) is 3.18. The molecule has 2 nitrogen and oxygen atoms in total. The summed E-state index contributed by atoms with van der Waals surface area (Å²) in [5.41, 5.74) is 0. The minimum atomic E-state index is 0.754. The van der Waals surface area contributed by atoms with Gasteiger partial charge in [0.2, 0.25) is 0 Å². The first-order chi connectivity index (χ1) is 6.34. The molecule has 2 saturated heterocycles. The van der Waals surface area contributed by atoms with E-state index in [1.54, 1.807) is 0 Å². The van der Waals surface area contributed by atoms with Gasteiger partial charge in [-0.1, -0.05) is 6.92 Å². The highest BCUT2D eigenvalue weighted by Gasteiger charge is 2.22. The van der Waals surface area contributed by atoms with Crippen LogP contribution in [-0.2, 0) is 0 Å². The molecule has 1 N–H and O–H groups in total. The van der Waals surface area contributed by atoms with Crippen LogP contribution in [0.25, 0.3) is 0 Å². The van der Waals surface area contributed by atoms with E-state index in [-0.39, 0.29) is 0 Å². The number of likely N-dealkylation sites (tertiary alicyclic amines) is 1. The van der Waals surface area contributed by atoms with Gasteiger partial charge in [0.25, 0.3) is 0 Å². The zero-order valence-electron chi connectivity index (χ0n) is 8.46. The molecule has 2 unspecified atom stereocenters. The Morgan fingerprint density at radius 3 is 3.08 bits per heavy atom. The first kappa shape index (κ1) is 9.81. The van der Waals surface area contributed by atoms with E-state index in [0.717, 1.165) is 12.0 Å². The summed E-state index contributed by atoms with van der Waals surface area (Å²) in [6, 6.07) is 0.754. The van der Waals surface area contributed by atoms with E-state index in [1.807, 2.05) is 0 Å². The van der Waals surface area contributed by atoms with Gasteiger partial charge in [0.1, 0.15) is 0 Å². The second-order valence-electron chi connectivity index (χ2n) is 4.38. The topological polar surface area (TPSA) is 15.3 Å². The molecule has 2 rings (SSSR count). The fourth-order valence-electron chi connectivity index (χ4n) is 2.24. The molecule has 13 heavy (non-hydrogen) atoms. The highest BCUT2D eigenvalue weighted by molar-refractivity contribution is 7.99. The van der Waals surface area contributed by atoms with Crippen molar-refractivity contribution in [1.82, 2.24) is 10.2 Å². The van der Waals surface area contributed by atoms with E-state index in [9.17, 15) is 0 Å². The van der Waals surface area contributed by atoms with Crippen LogP contribution in [0.2, 0.25) is 0 Å². The van der Waals surface area contributed by atoms with Gasteiger partial charge >= 0.3 is 0 Å². The summed E-state index contributed by atoms with van der Waals surface area (Å²) in [6.07, 6.45) is 1.40. The van der Waals surface area contributed by atoms with Crippen LogP contribution in [0.1, 0.15) is 13.3 Å². The van der Waals surface area contributed by atoms with Crippen molar-refractivity contribution < 1.29 is 0 Å². The van der Waals surface area contributed by atoms with Gasteiger partial charge in [-0.3, -0.25) is 0 Å². The van der Waals surface area contributed by atoms with Crippen LogP contribution >= 0.6 is 11.8 Å². The summed E-state index contributed by atoms with van der Waals surface area (Å²) in [6.45, 7) is 7.49. The normalized spacial score (nSPS) is 36.7. The number of nitrogens with zero attached hydrogens (tertiary/aromatic N) is 1. The lowest BCUT2D eigenvalue weighted by atomic mass is 10.2. The molecular weight excluding hydrogens is 180 g/mol. The van der Waals surface area contributed by atoms with Crippen molar-refractivity contribution in [3.8, 4) is 0 Å². The van der Waals surface area contributed by atoms with Crippen LogP contribution in [0.3, 0.4) is 0 Å². The molecule has 0 saturated carbocycles. The lowest BCUT2D eigenvalue weighted by Gasteiger charge is -2.27. The first-order valence-corrected chi connectivity index (χ1v) is 6.53. The van der Waals surface area contributed by atoms with Crippen LogP contribution in [-0.4, -0.2) is 48.6 Å². The highest BCUT2D eigenvalue weighted by atomic mass is 32.2. The van der Waals surface area contributed by atoms with E-state index in [1.165, 1.54) is 44.1 Å². The van der Waals surface area contributed by atoms with E-state index in [2.05, 4.69) is 28.9 Å². The van der Waals surface area contributed by atoms with Crippen LogP contribution in [0.15, 0.2) is 0 Å². The van der Waals surface area contributed by atoms with E-state index in [4.69, 9.17) is 0 Å². The zero-order chi connectivity index (χ0) is 9.10. The quantitative estimate of drug-likeness (QED) is 0.717. The van der Waals surface area contributed by atoms with E-state index in [0.29, 0.717) is 0 Å². The molecular formula is C10H20N2S. The Balaban J connectivity index is 1.71. The van der Waals surface area contributed by atoms with Crippen molar-refractivity contribution in [2.45, 2.75) is 19.4 Å². The summed E-state index contributed by atoms with van der Waals surface area (Å²) >= 11 is 2.10.